The van der Waals surface area contributed by atoms with E-state index in [1.807, 2.05) is 44.2 Å². The molecular weight excluding hydrogens is 495 g/mol. The summed E-state index contributed by atoms with van der Waals surface area (Å²) in [7, 11) is 1.78. The Hall–Kier alpha value is -2.13. The molecule has 1 heterocycles. The average Bonchev–Trinajstić information content (AvgIpc) is 3.04. The minimum atomic E-state index is 0. The van der Waals surface area contributed by atoms with Crippen LogP contribution in [0, 0.1) is 13.8 Å². The minimum absolute atomic E-state index is 0. The Bertz CT molecular complexity index is 928. The Morgan fingerprint density at radius 3 is 2.41 bits per heavy atom. The molecule has 0 saturated carbocycles. The molecule has 2 aromatic carbocycles. The van der Waals surface area contributed by atoms with E-state index in [4.69, 9.17) is 4.74 Å². The van der Waals surface area contributed by atoms with Crippen LogP contribution in [0.15, 0.2) is 59.6 Å². The van der Waals surface area contributed by atoms with Crippen LogP contribution in [0.1, 0.15) is 26.7 Å². The number of thiazole rings is 1. The van der Waals surface area contributed by atoms with Crippen molar-refractivity contribution in [2.75, 3.05) is 7.05 Å². The normalized spacial score (nSPS) is 10.9. The standard InChI is InChI=1S/C22H26N4OS.HI/c1-16-21(28-17(2)26-16)14-25-22(23-3)24-13-18-8-7-9-19(12-18)15-27-20-10-5-4-6-11-20;/h4-12H,13-15H2,1-3H3,(H2,23,24,25);1H. The molecule has 0 spiro atoms. The second-order valence-electron chi connectivity index (χ2n) is 6.44. The van der Waals surface area contributed by atoms with E-state index in [-0.39, 0.29) is 24.0 Å². The van der Waals surface area contributed by atoms with Crippen LogP contribution in [-0.4, -0.2) is 18.0 Å². The van der Waals surface area contributed by atoms with Crippen molar-refractivity contribution in [2.24, 2.45) is 4.99 Å². The molecule has 2 N–H and O–H groups in total. The molecule has 1 aromatic heterocycles. The van der Waals surface area contributed by atoms with Gasteiger partial charge >= 0.3 is 0 Å². The van der Waals surface area contributed by atoms with E-state index < -0.39 is 0 Å². The van der Waals surface area contributed by atoms with E-state index >= 15 is 0 Å². The number of nitrogens with one attached hydrogen (secondary N) is 2. The maximum absolute atomic E-state index is 5.83. The summed E-state index contributed by atoms with van der Waals surface area (Å²) >= 11 is 1.72. The molecule has 3 aromatic rings. The van der Waals surface area contributed by atoms with Gasteiger partial charge < -0.3 is 15.4 Å². The highest BCUT2D eigenvalue weighted by atomic mass is 127. The number of hydrogen-bond donors (Lipinski definition) is 2. The van der Waals surface area contributed by atoms with Crippen molar-refractivity contribution >= 4 is 41.3 Å². The Morgan fingerprint density at radius 1 is 1.00 bits per heavy atom. The molecule has 0 aliphatic carbocycles. The SMILES string of the molecule is CN=C(NCc1cccc(COc2ccccc2)c1)NCc1sc(C)nc1C.I. The van der Waals surface area contributed by atoms with Crippen LogP contribution in [0.25, 0.3) is 0 Å². The maximum atomic E-state index is 5.83. The third-order valence-electron chi connectivity index (χ3n) is 4.24. The van der Waals surface area contributed by atoms with Gasteiger partial charge in [-0.15, -0.1) is 35.3 Å². The number of ether oxygens (including phenoxy) is 1. The number of rotatable bonds is 7. The summed E-state index contributed by atoms with van der Waals surface area (Å²) in [6, 6.07) is 18.3. The van der Waals surface area contributed by atoms with Gasteiger partial charge in [-0.05, 0) is 37.1 Å². The van der Waals surface area contributed by atoms with Crippen LogP contribution in [0.2, 0.25) is 0 Å². The van der Waals surface area contributed by atoms with Gasteiger partial charge in [0, 0.05) is 18.5 Å². The van der Waals surface area contributed by atoms with Crippen LogP contribution < -0.4 is 15.4 Å². The summed E-state index contributed by atoms with van der Waals surface area (Å²) in [6.07, 6.45) is 0. The van der Waals surface area contributed by atoms with E-state index in [1.54, 1.807) is 18.4 Å². The largest absolute Gasteiger partial charge is 0.489 e. The number of aryl methyl sites for hydroxylation is 2. The number of benzene rings is 2. The Kier molecular flexibility index (Phi) is 9.40. The van der Waals surface area contributed by atoms with Crippen molar-refractivity contribution in [3.63, 3.8) is 0 Å². The van der Waals surface area contributed by atoms with Gasteiger partial charge in [0.2, 0.25) is 0 Å². The molecule has 0 bridgehead atoms. The van der Waals surface area contributed by atoms with E-state index in [0.717, 1.165) is 34.5 Å². The van der Waals surface area contributed by atoms with Crippen molar-refractivity contribution in [2.45, 2.75) is 33.5 Å². The zero-order chi connectivity index (χ0) is 19.8. The van der Waals surface area contributed by atoms with E-state index in [0.29, 0.717) is 13.2 Å². The molecule has 7 heteroatoms. The van der Waals surface area contributed by atoms with Crippen LogP contribution in [0.5, 0.6) is 5.75 Å². The van der Waals surface area contributed by atoms with Crippen molar-refractivity contribution in [3.05, 3.63) is 81.3 Å². The predicted molar refractivity (Wildman–Crippen MR) is 131 cm³/mol. The smallest absolute Gasteiger partial charge is 0.191 e. The highest BCUT2D eigenvalue weighted by molar-refractivity contribution is 14.0. The first-order valence-corrected chi connectivity index (χ1v) is 10.1. The first kappa shape index (κ1) is 23.2. The van der Waals surface area contributed by atoms with E-state index in [2.05, 4.69) is 44.9 Å². The molecule has 0 saturated heterocycles. The van der Waals surface area contributed by atoms with Crippen LogP contribution in [0.4, 0.5) is 0 Å². The summed E-state index contributed by atoms with van der Waals surface area (Å²) in [5, 5.41) is 7.81. The third-order valence-corrected chi connectivity index (χ3v) is 5.31. The number of nitrogens with zero attached hydrogens (tertiary/aromatic N) is 2. The minimum Gasteiger partial charge on any atom is -0.489 e. The van der Waals surface area contributed by atoms with Gasteiger partial charge in [0.1, 0.15) is 12.4 Å². The fourth-order valence-corrected chi connectivity index (χ4v) is 3.70. The lowest BCUT2D eigenvalue weighted by Crippen LogP contribution is -2.36. The van der Waals surface area contributed by atoms with Crippen molar-refractivity contribution in [1.82, 2.24) is 15.6 Å². The summed E-state index contributed by atoms with van der Waals surface area (Å²) < 4.78 is 5.83. The summed E-state index contributed by atoms with van der Waals surface area (Å²) in [4.78, 5) is 10.0. The lowest BCUT2D eigenvalue weighted by Gasteiger charge is -2.12. The van der Waals surface area contributed by atoms with Crippen LogP contribution in [-0.2, 0) is 19.7 Å². The van der Waals surface area contributed by atoms with Crippen molar-refractivity contribution < 1.29 is 4.74 Å². The predicted octanol–water partition coefficient (Wildman–Crippen LogP) is 4.82. The first-order chi connectivity index (χ1) is 13.6. The topological polar surface area (TPSA) is 58.5 Å². The summed E-state index contributed by atoms with van der Waals surface area (Å²) in [6.45, 7) is 6.04. The lowest BCUT2D eigenvalue weighted by atomic mass is 10.1. The molecule has 0 radical (unpaired) electrons. The molecule has 0 fully saturated rings. The quantitative estimate of drug-likeness (QED) is 0.266. The molecule has 3 rings (SSSR count). The molecule has 0 atom stereocenters. The van der Waals surface area contributed by atoms with Gasteiger partial charge in [0.05, 0.1) is 17.2 Å². The van der Waals surface area contributed by atoms with Crippen molar-refractivity contribution in [1.29, 1.82) is 0 Å². The Morgan fingerprint density at radius 2 is 1.72 bits per heavy atom. The molecule has 0 amide bonds. The molecule has 0 unspecified atom stereocenters. The van der Waals surface area contributed by atoms with Crippen LogP contribution in [0.3, 0.4) is 0 Å². The number of para-hydroxylation sites is 1. The van der Waals surface area contributed by atoms with Gasteiger partial charge in [0.15, 0.2) is 5.96 Å². The fourth-order valence-electron chi connectivity index (χ4n) is 2.82. The number of hydrogen-bond acceptors (Lipinski definition) is 4. The average molecular weight is 522 g/mol. The van der Waals surface area contributed by atoms with E-state index in [9.17, 15) is 0 Å². The van der Waals surface area contributed by atoms with Crippen molar-refractivity contribution in [3.8, 4) is 5.75 Å². The lowest BCUT2D eigenvalue weighted by molar-refractivity contribution is 0.306. The fraction of sp³-hybridized carbons (Fsp3) is 0.273. The molecule has 29 heavy (non-hydrogen) atoms. The molecule has 5 nitrogen and oxygen atoms in total. The second-order valence-corrected chi connectivity index (χ2v) is 7.73. The highest BCUT2D eigenvalue weighted by Crippen LogP contribution is 2.16. The zero-order valence-electron chi connectivity index (χ0n) is 16.9. The summed E-state index contributed by atoms with van der Waals surface area (Å²) in [5.74, 6) is 1.65. The van der Waals surface area contributed by atoms with Crippen LogP contribution >= 0.6 is 35.3 Å². The second kappa shape index (κ2) is 11.8. The summed E-state index contributed by atoms with van der Waals surface area (Å²) in [5.41, 5.74) is 3.40. The number of aliphatic imine (C=N–C) groups is 1. The van der Waals surface area contributed by atoms with Gasteiger partial charge in [-0.1, -0.05) is 42.5 Å². The maximum Gasteiger partial charge on any atom is 0.191 e. The van der Waals surface area contributed by atoms with Gasteiger partial charge in [-0.25, -0.2) is 4.98 Å². The number of aromatic nitrogens is 1. The molecule has 0 aliphatic heterocycles. The molecule has 154 valence electrons. The van der Waals surface area contributed by atoms with E-state index in [1.165, 1.54) is 10.4 Å². The highest BCUT2D eigenvalue weighted by Gasteiger charge is 2.06. The van der Waals surface area contributed by atoms with Gasteiger partial charge in [-0.2, -0.15) is 0 Å². The molecular formula is C22H27IN4OS. The first-order valence-electron chi connectivity index (χ1n) is 9.27. The third kappa shape index (κ3) is 7.32. The number of halogens is 1. The van der Waals surface area contributed by atoms with Gasteiger partial charge in [0.25, 0.3) is 0 Å². The molecule has 0 aliphatic rings. The zero-order valence-corrected chi connectivity index (χ0v) is 20.1. The Labute approximate surface area is 193 Å². The monoisotopic (exact) mass is 522 g/mol. The Balaban J connectivity index is 0.00000300. The van der Waals surface area contributed by atoms with Gasteiger partial charge in [-0.3, -0.25) is 4.99 Å². The number of guanidine groups is 1.